The summed E-state index contributed by atoms with van der Waals surface area (Å²) in [5.74, 6) is 0.558. The lowest BCUT2D eigenvalue weighted by Gasteiger charge is -2.45. The van der Waals surface area contributed by atoms with E-state index in [0.29, 0.717) is 5.92 Å². The Morgan fingerprint density at radius 3 is 2.33 bits per heavy atom. The number of amides is 1. The zero-order chi connectivity index (χ0) is 16.4. The van der Waals surface area contributed by atoms with E-state index in [2.05, 4.69) is 4.90 Å². The van der Waals surface area contributed by atoms with E-state index in [0.717, 1.165) is 25.1 Å². The summed E-state index contributed by atoms with van der Waals surface area (Å²) in [5, 5.41) is 0. The van der Waals surface area contributed by atoms with Crippen LogP contribution in [0.2, 0.25) is 0 Å². The number of benzene rings is 1. The molecule has 24 heavy (non-hydrogen) atoms. The fraction of sp³-hybridized carbons (Fsp3) is 0.650. The van der Waals surface area contributed by atoms with E-state index in [-0.39, 0.29) is 18.2 Å². The van der Waals surface area contributed by atoms with Crippen LogP contribution < -0.4 is 4.90 Å². The lowest BCUT2D eigenvalue weighted by molar-refractivity contribution is -0.0317. The molecule has 0 N–H and O–H groups in total. The highest BCUT2D eigenvalue weighted by Crippen LogP contribution is 2.32. The molecule has 130 valence electrons. The van der Waals surface area contributed by atoms with Crippen molar-refractivity contribution in [3.05, 3.63) is 30.3 Å². The highest BCUT2D eigenvalue weighted by Gasteiger charge is 2.38. The molecule has 1 aromatic rings. The van der Waals surface area contributed by atoms with Gasteiger partial charge in [0.15, 0.2) is 0 Å². The first-order chi connectivity index (χ1) is 11.8. The van der Waals surface area contributed by atoms with Gasteiger partial charge in [-0.2, -0.15) is 0 Å². The molecule has 3 heterocycles. The maximum atomic E-state index is 13.1. The van der Waals surface area contributed by atoms with Crippen LogP contribution in [0.1, 0.15) is 44.9 Å². The zero-order valence-corrected chi connectivity index (χ0v) is 14.4. The number of piperidine rings is 3. The van der Waals surface area contributed by atoms with Gasteiger partial charge in [-0.25, -0.2) is 4.79 Å². The molecule has 1 aromatic carbocycles. The first-order valence-corrected chi connectivity index (χ1v) is 9.58. The number of hydrogen-bond donors (Lipinski definition) is 0. The van der Waals surface area contributed by atoms with Gasteiger partial charge in [0.2, 0.25) is 0 Å². The number of carbonyl (C=O) groups is 1. The summed E-state index contributed by atoms with van der Waals surface area (Å²) in [7, 11) is 0. The van der Waals surface area contributed by atoms with E-state index in [4.69, 9.17) is 4.74 Å². The summed E-state index contributed by atoms with van der Waals surface area (Å²) in [6.07, 6.45) is 8.17. The Labute approximate surface area is 144 Å². The van der Waals surface area contributed by atoms with Crippen LogP contribution >= 0.6 is 0 Å². The van der Waals surface area contributed by atoms with E-state index in [9.17, 15) is 4.79 Å². The number of hydrogen-bond acceptors (Lipinski definition) is 3. The van der Waals surface area contributed by atoms with Crippen molar-refractivity contribution in [3.8, 4) is 0 Å². The molecule has 2 bridgehead atoms. The molecule has 1 saturated carbocycles. The Kier molecular flexibility index (Phi) is 4.74. The summed E-state index contributed by atoms with van der Waals surface area (Å²) >= 11 is 0. The van der Waals surface area contributed by atoms with Crippen LogP contribution in [0.5, 0.6) is 0 Å². The van der Waals surface area contributed by atoms with Crippen LogP contribution in [-0.4, -0.2) is 42.8 Å². The number of rotatable bonds is 3. The van der Waals surface area contributed by atoms with E-state index in [1.54, 1.807) is 0 Å². The molecule has 5 rings (SSSR count). The van der Waals surface area contributed by atoms with Gasteiger partial charge in [0.1, 0.15) is 6.10 Å². The third-order valence-electron chi connectivity index (χ3n) is 6.02. The minimum Gasteiger partial charge on any atom is -0.444 e. The number of para-hydroxylation sites is 1. The normalized spacial score (nSPS) is 30.1. The molecule has 4 heteroatoms. The van der Waals surface area contributed by atoms with E-state index in [1.807, 2.05) is 35.2 Å². The Morgan fingerprint density at radius 2 is 1.71 bits per heavy atom. The van der Waals surface area contributed by atoms with Crippen LogP contribution in [-0.2, 0) is 4.74 Å². The largest absolute Gasteiger partial charge is 0.444 e. The van der Waals surface area contributed by atoms with Crippen molar-refractivity contribution in [3.63, 3.8) is 0 Å². The molecule has 1 aliphatic carbocycles. The molecule has 3 saturated heterocycles. The van der Waals surface area contributed by atoms with Crippen molar-refractivity contribution in [2.45, 2.75) is 57.1 Å². The van der Waals surface area contributed by atoms with Gasteiger partial charge in [-0.05, 0) is 56.8 Å². The van der Waals surface area contributed by atoms with Gasteiger partial charge in [-0.3, -0.25) is 9.80 Å². The van der Waals surface area contributed by atoms with E-state index < -0.39 is 0 Å². The molecular weight excluding hydrogens is 300 g/mol. The Hall–Kier alpha value is -1.55. The average Bonchev–Trinajstić information content (AvgIpc) is 2.65. The molecule has 1 amide bonds. The minimum atomic E-state index is -0.133. The first-order valence-electron chi connectivity index (χ1n) is 9.58. The quantitative estimate of drug-likeness (QED) is 0.839. The molecule has 0 aromatic heterocycles. The molecule has 0 radical (unpaired) electrons. The zero-order valence-electron chi connectivity index (χ0n) is 14.4. The Bertz CT molecular complexity index is 548. The number of anilines is 1. The molecule has 4 fully saturated rings. The van der Waals surface area contributed by atoms with E-state index >= 15 is 0 Å². The highest BCUT2D eigenvalue weighted by atomic mass is 16.6. The van der Waals surface area contributed by atoms with Gasteiger partial charge in [0, 0.05) is 18.3 Å². The van der Waals surface area contributed by atoms with E-state index in [1.165, 1.54) is 45.2 Å². The predicted molar refractivity (Wildman–Crippen MR) is 95.2 cm³/mol. The number of nitrogens with zero attached hydrogens (tertiary/aromatic N) is 2. The maximum absolute atomic E-state index is 13.1. The van der Waals surface area contributed by atoms with Gasteiger partial charge in [0.25, 0.3) is 0 Å². The second-order valence-electron chi connectivity index (χ2n) is 7.56. The molecule has 3 aliphatic heterocycles. The topological polar surface area (TPSA) is 32.8 Å². The Morgan fingerprint density at radius 1 is 1.00 bits per heavy atom. The second kappa shape index (κ2) is 7.14. The predicted octanol–water partition coefficient (Wildman–Crippen LogP) is 4.06. The van der Waals surface area contributed by atoms with Crippen molar-refractivity contribution in [2.24, 2.45) is 5.92 Å². The average molecular weight is 328 g/mol. The molecule has 0 spiro atoms. The lowest BCUT2D eigenvalue weighted by Crippen LogP contribution is -2.53. The molecule has 4 aliphatic rings. The fourth-order valence-electron chi connectivity index (χ4n) is 4.62. The lowest BCUT2D eigenvalue weighted by atomic mass is 9.86. The van der Waals surface area contributed by atoms with Gasteiger partial charge in [0.05, 0.1) is 0 Å². The fourth-order valence-corrected chi connectivity index (χ4v) is 4.62. The molecular formula is C20H28N2O2. The monoisotopic (exact) mass is 328 g/mol. The summed E-state index contributed by atoms with van der Waals surface area (Å²) < 4.78 is 6.04. The van der Waals surface area contributed by atoms with Crippen molar-refractivity contribution >= 4 is 11.8 Å². The second-order valence-corrected chi connectivity index (χ2v) is 7.56. The van der Waals surface area contributed by atoms with Crippen molar-refractivity contribution in [2.75, 3.05) is 24.5 Å². The number of carbonyl (C=O) groups excluding carboxylic acids is 1. The molecule has 1 unspecified atom stereocenters. The third-order valence-corrected chi connectivity index (χ3v) is 6.02. The maximum Gasteiger partial charge on any atom is 0.414 e. The standard InChI is InChI=1S/C20H28N2O2/c23-20(24-19-15-21-13-11-16(19)12-14-21)22(17-7-3-1-4-8-17)18-9-5-2-6-10-18/h1,3-4,7-8,16,18-19H,2,5-6,9-15H2. The summed E-state index contributed by atoms with van der Waals surface area (Å²) in [6.45, 7) is 3.26. The SMILES string of the molecule is O=C(OC1CN2CCC1CC2)N(c1ccccc1)C1CCCCC1. The van der Waals surface area contributed by atoms with Gasteiger partial charge in [-0.1, -0.05) is 37.5 Å². The first kappa shape index (κ1) is 15.9. The van der Waals surface area contributed by atoms with Crippen molar-refractivity contribution in [1.29, 1.82) is 0 Å². The molecule has 1 atom stereocenters. The van der Waals surface area contributed by atoms with Crippen LogP contribution in [0.4, 0.5) is 10.5 Å². The van der Waals surface area contributed by atoms with Gasteiger partial charge >= 0.3 is 6.09 Å². The van der Waals surface area contributed by atoms with Gasteiger partial charge < -0.3 is 4.74 Å². The van der Waals surface area contributed by atoms with Crippen LogP contribution in [0.25, 0.3) is 0 Å². The number of ether oxygens (including phenoxy) is 1. The van der Waals surface area contributed by atoms with Crippen LogP contribution in [0.15, 0.2) is 30.3 Å². The Balaban J connectivity index is 1.50. The highest BCUT2D eigenvalue weighted by molar-refractivity contribution is 5.88. The summed E-state index contributed by atoms with van der Waals surface area (Å²) in [4.78, 5) is 17.4. The smallest absolute Gasteiger partial charge is 0.414 e. The molecule has 4 nitrogen and oxygen atoms in total. The van der Waals surface area contributed by atoms with Crippen LogP contribution in [0.3, 0.4) is 0 Å². The summed E-state index contributed by atoms with van der Waals surface area (Å²) in [6, 6.07) is 10.4. The van der Waals surface area contributed by atoms with Crippen LogP contribution in [0, 0.1) is 5.92 Å². The van der Waals surface area contributed by atoms with Crippen molar-refractivity contribution in [1.82, 2.24) is 4.90 Å². The van der Waals surface area contributed by atoms with Crippen molar-refractivity contribution < 1.29 is 9.53 Å². The summed E-state index contributed by atoms with van der Waals surface area (Å²) in [5.41, 5.74) is 0.982. The minimum absolute atomic E-state index is 0.0785. The van der Waals surface area contributed by atoms with Gasteiger partial charge in [-0.15, -0.1) is 0 Å². The number of fused-ring (bicyclic) bond motifs is 3. The third kappa shape index (κ3) is 3.30.